The van der Waals surface area contributed by atoms with Gasteiger partial charge in [-0.3, -0.25) is 9.78 Å². The van der Waals surface area contributed by atoms with Crippen molar-refractivity contribution in [1.29, 1.82) is 0 Å². The molecule has 0 saturated carbocycles. The van der Waals surface area contributed by atoms with E-state index in [2.05, 4.69) is 15.0 Å². The summed E-state index contributed by atoms with van der Waals surface area (Å²) in [6, 6.07) is 13.0. The molecule has 0 radical (unpaired) electrons. The van der Waals surface area contributed by atoms with Crippen molar-refractivity contribution in [2.24, 2.45) is 0 Å². The van der Waals surface area contributed by atoms with Crippen LogP contribution in [0, 0.1) is 5.82 Å². The molecule has 4 rings (SSSR count). The van der Waals surface area contributed by atoms with E-state index in [1.807, 2.05) is 0 Å². The molecular formula is C24H19F4N3O4S. The van der Waals surface area contributed by atoms with Gasteiger partial charge in [-0.05, 0) is 41.5 Å². The first kappa shape index (κ1) is 25.3. The Kier molecular flexibility index (Phi) is 6.83. The molecule has 36 heavy (non-hydrogen) atoms. The van der Waals surface area contributed by atoms with Gasteiger partial charge in [0.1, 0.15) is 23.3 Å². The Morgan fingerprint density at radius 2 is 1.83 bits per heavy atom. The van der Waals surface area contributed by atoms with Gasteiger partial charge in [-0.25, -0.2) is 12.8 Å². The highest BCUT2D eigenvalue weighted by Gasteiger charge is 2.32. The monoisotopic (exact) mass is 521 g/mol. The summed E-state index contributed by atoms with van der Waals surface area (Å²) in [5.41, 5.74) is 0.215. The number of furan rings is 1. The lowest BCUT2D eigenvalue weighted by Gasteiger charge is -2.20. The Bertz CT molecular complexity index is 1520. The highest BCUT2D eigenvalue weighted by molar-refractivity contribution is 7.89. The van der Waals surface area contributed by atoms with E-state index in [-0.39, 0.29) is 17.4 Å². The van der Waals surface area contributed by atoms with E-state index in [1.165, 1.54) is 24.3 Å². The normalized spacial score (nSPS) is 13.0. The molecule has 0 aliphatic carbocycles. The van der Waals surface area contributed by atoms with Gasteiger partial charge < -0.3 is 9.73 Å². The standard InChI is InChI=1S/C24H19F4N3O4S/c1-2-21(32)30-23(31-36(33,34)22-12-17-11-18(25)7-8-19(17)35-22)15-5-3-4-14(10-15)16-6-9-20(29-13-16)24(26,27)28/h3-13,23,31H,2H2,1H3,(H,30,32)/t23-/m0/s1. The molecule has 1 atom stereocenters. The number of nitrogens with zero attached hydrogens (tertiary/aromatic N) is 1. The van der Waals surface area contributed by atoms with E-state index in [4.69, 9.17) is 4.42 Å². The van der Waals surface area contributed by atoms with E-state index >= 15 is 0 Å². The fourth-order valence-electron chi connectivity index (χ4n) is 3.41. The molecule has 0 fully saturated rings. The number of halogens is 4. The van der Waals surface area contributed by atoms with Crippen molar-refractivity contribution in [3.8, 4) is 11.1 Å². The summed E-state index contributed by atoms with van der Waals surface area (Å²) < 4.78 is 85.9. The van der Waals surface area contributed by atoms with Crippen LogP contribution in [0.3, 0.4) is 0 Å². The zero-order chi connectivity index (χ0) is 26.1. The van der Waals surface area contributed by atoms with Crippen LogP contribution in [0.25, 0.3) is 22.1 Å². The van der Waals surface area contributed by atoms with Crippen LogP contribution in [0.4, 0.5) is 17.6 Å². The molecule has 2 aromatic carbocycles. The number of benzene rings is 2. The van der Waals surface area contributed by atoms with Gasteiger partial charge in [0, 0.05) is 29.6 Å². The number of alkyl halides is 3. The van der Waals surface area contributed by atoms with Gasteiger partial charge in [-0.15, -0.1) is 0 Å². The van der Waals surface area contributed by atoms with Gasteiger partial charge in [-0.2, -0.15) is 17.9 Å². The van der Waals surface area contributed by atoms with E-state index in [9.17, 15) is 30.8 Å². The molecule has 2 N–H and O–H groups in total. The molecule has 0 unspecified atom stereocenters. The first-order valence-corrected chi connectivity index (χ1v) is 12.1. The SMILES string of the molecule is CCC(=O)N[C@@H](NS(=O)(=O)c1cc2cc(F)ccc2o1)c1cccc(-c2ccc(C(F)(F)F)nc2)c1. The minimum absolute atomic E-state index is 0.0602. The summed E-state index contributed by atoms with van der Waals surface area (Å²) in [4.78, 5) is 15.6. The molecule has 4 aromatic rings. The van der Waals surface area contributed by atoms with Crippen molar-refractivity contribution in [3.05, 3.63) is 83.9 Å². The smallest absolute Gasteiger partial charge is 0.433 e. The molecule has 0 saturated heterocycles. The number of pyridine rings is 1. The second-order valence-electron chi connectivity index (χ2n) is 7.78. The van der Waals surface area contributed by atoms with Crippen LogP contribution in [-0.4, -0.2) is 19.3 Å². The zero-order valence-electron chi connectivity index (χ0n) is 18.6. The second-order valence-corrected chi connectivity index (χ2v) is 9.42. The fraction of sp³-hybridized carbons (Fsp3) is 0.167. The average molecular weight is 521 g/mol. The summed E-state index contributed by atoms with van der Waals surface area (Å²) in [6.07, 6.45) is -4.71. The molecule has 0 aliphatic rings. The van der Waals surface area contributed by atoms with Gasteiger partial charge in [0.15, 0.2) is 0 Å². The van der Waals surface area contributed by atoms with Crippen LogP contribution >= 0.6 is 0 Å². The number of amides is 1. The summed E-state index contributed by atoms with van der Waals surface area (Å²) in [7, 11) is -4.33. The summed E-state index contributed by atoms with van der Waals surface area (Å²) in [5.74, 6) is -1.03. The Morgan fingerprint density at radius 1 is 1.06 bits per heavy atom. The van der Waals surface area contributed by atoms with Crippen molar-refractivity contribution in [1.82, 2.24) is 15.0 Å². The Balaban J connectivity index is 1.67. The van der Waals surface area contributed by atoms with Crippen molar-refractivity contribution in [3.63, 3.8) is 0 Å². The first-order valence-electron chi connectivity index (χ1n) is 10.6. The first-order chi connectivity index (χ1) is 17.0. The minimum Gasteiger partial charge on any atom is -0.443 e. The molecule has 7 nitrogen and oxygen atoms in total. The van der Waals surface area contributed by atoms with Crippen molar-refractivity contribution < 1.29 is 35.2 Å². The maximum atomic E-state index is 13.5. The lowest BCUT2D eigenvalue weighted by Crippen LogP contribution is -2.40. The number of hydrogen-bond acceptors (Lipinski definition) is 5. The number of carbonyl (C=O) groups is 1. The Labute approximate surface area is 203 Å². The summed E-state index contributed by atoms with van der Waals surface area (Å²) in [5, 5.41) is 2.32. The van der Waals surface area contributed by atoms with Crippen LogP contribution in [0.1, 0.15) is 30.8 Å². The molecule has 0 spiro atoms. The molecule has 12 heteroatoms. The van der Waals surface area contributed by atoms with E-state index in [0.717, 1.165) is 30.5 Å². The number of aromatic nitrogens is 1. The van der Waals surface area contributed by atoms with Crippen molar-refractivity contribution in [2.75, 3.05) is 0 Å². The minimum atomic E-state index is -4.59. The number of nitrogens with one attached hydrogen (secondary N) is 2. The highest BCUT2D eigenvalue weighted by Crippen LogP contribution is 2.30. The number of carbonyl (C=O) groups excluding carboxylic acids is 1. The van der Waals surface area contributed by atoms with Gasteiger partial charge in [0.05, 0.1) is 0 Å². The third-order valence-corrected chi connectivity index (χ3v) is 6.50. The third-order valence-electron chi connectivity index (χ3n) is 5.23. The van der Waals surface area contributed by atoms with Crippen LogP contribution in [0.2, 0.25) is 0 Å². The lowest BCUT2D eigenvalue weighted by atomic mass is 10.0. The number of hydrogen-bond donors (Lipinski definition) is 2. The average Bonchev–Trinajstić information content (AvgIpc) is 3.27. The van der Waals surface area contributed by atoms with Crippen LogP contribution in [-0.2, 0) is 21.0 Å². The Hall–Kier alpha value is -3.77. The van der Waals surface area contributed by atoms with Crippen LogP contribution < -0.4 is 10.0 Å². The number of sulfonamides is 1. The van der Waals surface area contributed by atoms with E-state index in [0.29, 0.717) is 16.7 Å². The van der Waals surface area contributed by atoms with Gasteiger partial charge in [-0.1, -0.05) is 31.2 Å². The molecule has 1 amide bonds. The maximum Gasteiger partial charge on any atom is 0.433 e. The quantitative estimate of drug-likeness (QED) is 0.259. The summed E-state index contributed by atoms with van der Waals surface area (Å²) >= 11 is 0. The van der Waals surface area contributed by atoms with E-state index < -0.39 is 44.9 Å². The Morgan fingerprint density at radius 3 is 2.50 bits per heavy atom. The predicted molar refractivity (Wildman–Crippen MR) is 122 cm³/mol. The van der Waals surface area contributed by atoms with Gasteiger partial charge >= 0.3 is 6.18 Å². The molecule has 188 valence electrons. The van der Waals surface area contributed by atoms with Gasteiger partial charge in [0.2, 0.25) is 11.0 Å². The molecule has 0 aliphatic heterocycles. The third kappa shape index (κ3) is 5.55. The number of fused-ring (bicyclic) bond motifs is 1. The topological polar surface area (TPSA) is 101 Å². The molecule has 0 bridgehead atoms. The maximum absolute atomic E-state index is 13.5. The zero-order valence-corrected chi connectivity index (χ0v) is 19.5. The largest absolute Gasteiger partial charge is 0.443 e. The summed E-state index contributed by atoms with van der Waals surface area (Å²) in [6.45, 7) is 1.58. The van der Waals surface area contributed by atoms with Crippen molar-refractivity contribution in [2.45, 2.75) is 30.8 Å². The lowest BCUT2D eigenvalue weighted by molar-refractivity contribution is -0.141. The van der Waals surface area contributed by atoms with Gasteiger partial charge in [0.25, 0.3) is 10.0 Å². The van der Waals surface area contributed by atoms with E-state index in [1.54, 1.807) is 19.1 Å². The van der Waals surface area contributed by atoms with Crippen LogP contribution in [0.15, 0.2) is 76.4 Å². The molecular weight excluding hydrogens is 502 g/mol. The van der Waals surface area contributed by atoms with Crippen molar-refractivity contribution >= 4 is 26.9 Å². The highest BCUT2D eigenvalue weighted by atomic mass is 32.2. The number of rotatable bonds is 7. The molecule has 2 heterocycles. The fourth-order valence-corrected chi connectivity index (χ4v) is 4.51. The predicted octanol–water partition coefficient (Wildman–Crippen LogP) is 5.16. The van der Waals surface area contributed by atoms with Crippen LogP contribution in [0.5, 0.6) is 0 Å². The molecule has 2 aromatic heterocycles. The second kappa shape index (κ2) is 9.70.